The van der Waals surface area contributed by atoms with Gasteiger partial charge in [-0.15, -0.1) is 0 Å². The molecule has 0 aliphatic heterocycles. The molecule has 1 heterocycles. The molecule has 0 amide bonds. The third-order valence-electron chi connectivity index (χ3n) is 6.77. The number of aromatic nitrogens is 3. The van der Waals surface area contributed by atoms with Gasteiger partial charge in [-0.2, -0.15) is 0 Å². The number of benzene rings is 4. The van der Waals surface area contributed by atoms with Crippen molar-refractivity contribution in [2.24, 2.45) is 0 Å². The molecular formula is C33H32BrN3. The van der Waals surface area contributed by atoms with Crippen molar-refractivity contribution in [2.75, 3.05) is 0 Å². The van der Waals surface area contributed by atoms with Crippen LogP contribution in [0.15, 0.2) is 89.4 Å². The summed E-state index contributed by atoms with van der Waals surface area (Å²) in [6, 6.07) is 29.6. The molecule has 0 saturated heterocycles. The van der Waals surface area contributed by atoms with Gasteiger partial charge in [-0.3, -0.25) is 0 Å². The average molecular weight is 551 g/mol. The van der Waals surface area contributed by atoms with Crippen molar-refractivity contribution in [1.82, 2.24) is 15.0 Å². The van der Waals surface area contributed by atoms with Crippen molar-refractivity contribution in [2.45, 2.75) is 52.4 Å². The minimum absolute atomic E-state index is 0.0824. The standard InChI is InChI=1S/C33H32BrN3/c1-32(2,3)23-15-11-21(12-16-23)29-35-30(22-13-17-24(18-14-22)33(4,5)6)37-31(36-29)27-19-20-28(34)26-10-8-7-9-25(26)27/h7-20H,1-6H3. The molecule has 5 aromatic rings. The molecule has 37 heavy (non-hydrogen) atoms. The summed E-state index contributed by atoms with van der Waals surface area (Å²) in [5.74, 6) is 2.02. The van der Waals surface area contributed by atoms with E-state index in [2.05, 4.69) is 142 Å². The lowest BCUT2D eigenvalue weighted by Crippen LogP contribution is -2.10. The zero-order valence-corrected chi connectivity index (χ0v) is 23.9. The van der Waals surface area contributed by atoms with Gasteiger partial charge in [0, 0.05) is 21.2 Å². The highest BCUT2D eigenvalue weighted by atomic mass is 79.9. The molecule has 186 valence electrons. The molecule has 3 nitrogen and oxygen atoms in total. The van der Waals surface area contributed by atoms with Gasteiger partial charge >= 0.3 is 0 Å². The fourth-order valence-corrected chi connectivity index (χ4v) is 4.93. The minimum atomic E-state index is 0.0824. The van der Waals surface area contributed by atoms with Crippen LogP contribution < -0.4 is 0 Å². The summed E-state index contributed by atoms with van der Waals surface area (Å²) in [5, 5.41) is 2.23. The van der Waals surface area contributed by atoms with Gasteiger partial charge in [0.1, 0.15) is 0 Å². The van der Waals surface area contributed by atoms with E-state index in [1.807, 2.05) is 0 Å². The zero-order chi connectivity index (χ0) is 26.4. The second-order valence-corrected chi connectivity index (χ2v) is 12.5. The third kappa shape index (κ3) is 5.21. The topological polar surface area (TPSA) is 38.7 Å². The molecule has 4 heteroatoms. The van der Waals surface area contributed by atoms with Crippen LogP contribution in [0.5, 0.6) is 0 Å². The number of nitrogens with zero attached hydrogens (tertiary/aromatic N) is 3. The summed E-state index contributed by atoms with van der Waals surface area (Å²) < 4.78 is 1.05. The van der Waals surface area contributed by atoms with Crippen LogP contribution in [0, 0.1) is 0 Å². The van der Waals surface area contributed by atoms with E-state index in [-0.39, 0.29) is 10.8 Å². The molecule has 1 aromatic heterocycles. The van der Waals surface area contributed by atoms with Crippen LogP contribution in [0.1, 0.15) is 52.7 Å². The highest BCUT2D eigenvalue weighted by Crippen LogP contribution is 2.34. The second kappa shape index (κ2) is 9.50. The van der Waals surface area contributed by atoms with E-state index < -0.39 is 0 Å². The molecule has 0 unspecified atom stereocenters. The van der Waals surface area contributed by atoms with E-state index in [1.54, 1.807) is 0 Å². The van der Waals surface area contributed by atoms with E-state index in [1.165, 1.54) is 11.1 Å². The lowest BCUT2D eigenvalue weighted by Gasteiger charge is -2.19. The largest absolute Gasteiger partial charge is 0.208 e. The Morgan fingerprint density at radius 3 is 1.38 bits per heavy atom. The van der Waals surface area contributed by atoms with Gasteiger partial charge in [-0.1, -0.05) is 130 Å². The first-order valence-corrected chi connectivity index (χ1v) is 13.5. The Morgan fingerprint density at radius 1 is 0.486 bits per heavy atom. The molecule has 0 atom stereocenters. The van der Waals surface area contributed by atoms with Crippen LogP contribution in [-0.4, -0.2) is 15.0 Å². The molecule has 4 aromatic carbocycles. The number of hydrogen-bond acceptors (Lipinski definition) is 3. The summed E-state index contributed by atoms with van der Waals surface area (Å²) >= 11 is 3.70. The van der Waals surface area contributed by atoms with Gasteiger partial charge in [0.25, 0.3) is 0 Å². The highest BCUT2D eigenvalue weighted by molar-refractivity contribution is 9.10. The molecule has 0 bridgehead atoms. The Hall–Kier alpha value is -3.37. The van der Waals surface area contributed by atoms with Crippen molar-refractivity contribution >= 4 is 26.7 Å². The Labute approximate surface area is 228 Å². The van der Waals surface area contributed by atoms with E-state index in [0.717, 1.165) is 31.9 Å². The van der Waals surface area contributed by atoms with Gasteiger partial charge in [-0.25, -0.2) is 15.0 Å². The summed E-state index contributed by atoms with van der Waals surface area (Å²) in [7, 11) is 0. The molecule has 0 saturated carbocycles. The van der Waals surface area contributed by atoms with Gasteiger partial charge < -0.3 is 0 Å². The number of rotatable bonds is 3. The molecule has 0 aliphatic rings. The van der Waals surface area contributed by atoms with Gasteiger partial charge in [0.2, 0.25) is 0 Å². The predicted molar refractivity (Wildman–Crippen MR) is 159 cm³/mol. The number of halogens is 1. The van der Waals surface area contributed by atoms with E-state index in [4.69, 9.17) is 15.0 Å². The van der Waals surface area contributed by atoms with Crippen molar-refractivity contribution in [1.29, 1.82) is 0 Å². The first-order chi connectivity index (χ1) is 17.5. The summed E-state index contributed by atoms with van der Waals surface area (Å²) in [6.45, 7) is 13.3. The van der Waals surface area contributed by atoms with E-state index in [9.17, 15) is 0 Å². The predicted octanol–water partition coefficient (Wildman–Crippen LogP) is 9.38. The summed E-state index contributed by atoms with van der Waals surface area (Å²) in [6.07, 6.45) is 0. The van der Waals surface area contributed by atoms with Crippen molar-refractivity contribution < 1.29 is 0 Å². The Morgan fingerprint density at radius 2 is 0.919 bits per heavy atom. The van der Waals surface area contributed by atoms with Crippen molar-refractivity contribution in [3.8, 4) is 34.2 Å². The molecule has 0 fully saturated rings. The zero-order valence-electron chi connectivity index (χ0n) is 22.3. The molecule has 0 N–H and O–H groups in total. The molecular weight excluding hydrogens is 518 g/mol. The smallest absolute Gasteiger partial charge is 0.164 e. The average Bonchev–Trinajstić information content (AvgIpc) is 2.88. The fraction of sp³-hybridized carbons (Fsp3) is 0.242. The Balaban J connectivity index is 1.70. The van der Waals surface area contributed by atoms with E-state index in [0.29, 0.717) is 17.5 Å². The monoisotopic (exact) mass is 549 g/mol. The summed E-state index contributed by atoms with van der Waals surface area (Å²) in [5.41, 5.74) is 5.67. The number of hydrogen-bond donors (Lipinski definition) is 0. The van der Waals surface area contributed by atoms with Crippen LogP contribution in [0.3, 0.4) is 0 Å². The van der Waals surface area contributed by atoms with Crippen LogP contribution in [0.4, 0.5) is 0 Å². The first-order valence-electron chi connectivity index (χ1n) is 12.7. The molecule has 0 spiro atoms. The van der Waals surface area contributed by atoms with Gasteiger partial charge in [0.05, 0.1) is 0 Å². The minimum Gasteiger partial charge on any atom is -0.208 e. The van der Waals surface area contributed by atoms with E-state index >= 15 is 0 Å². The maximum Gasteiger partial charge on any atom is 0.164 e. The Bertz CT molecular complexity index is 1500. The molecule has 0 radical (unpaired) electrons. The van der Waals surface area contributed by atoms with Crippen LogP contribution in [0.25, 0.3) is 44.9 Å². The van der Waals surface area contributed by atoms with Crippen molar-refractivity contribution in [3.63, 3.8) is 0 Å². The number of fused-ring (bicyclic) bond motifs is 1. The van der Waals surface area contributed by atoms with Gasteiger partial charge in [0.15, 0.2) is 17.5 Å². The molecule has 5 rings (SSSR count). The second-order valence-electron chi connectivity index (χ2n) is 11.6. The van der Waals surface area contributed by atoms with Gasteiger partial charge in [-0.05, 0) is 44.9 Å². The fourth-order valence-electron chi connectivity index (χ4n) is 4.45. The lowest BCUT2D eigenvalue weighted by atomic mass is 9.86. The van der Waals surface area contributed by atoms with Crippen LogP contribution in [0.2, 0.25) is 0 Å². The molecule has 0 aliphatic carbocycles. The highest BCUT2D eigenvalue weighted by Gasteiger charge is 2.18. The first kappa shape index (κ1) is 25.3. The third-order valence-corrected chi connectivity index (χ3v) is 7.46. The maximum atomic E-state index is 4.99. The quantitative estimate of drug-likeness (QED) is 0.225. The van der Waals surface area contributed by atoms with Crippen molar-refractivity contribution in [3.05, 3.63) is 101 Å². The lowest BCUT2D eigenvalue weighted by molar-refractivity contribution is 0.590. The SMILES string of the molecule is CC(C)(C)c1ccc(-c2nc(-c3ccc(C(C)(C)C)cc3)nc(-c3ccc(Br)c4ccccc34)n2)cc1. The van der Waals surface area contributed by atoms with Crippen LogP contribution in [-0.2, 0) is 10.8 Å². The normalized spacial score (nSPS) is 12.2. The Kier molecular flexibility index (Phi) is 6.49. The maximum absolute atomic E-state index is 4.99. The summed E-state index contributed by atoms with van der Waals surface area (Å²) in [4.78, 5) is 14.9. The van der Waals surface area contributed by atoms with Crippen LogP contribution >= 0.6 is 15.9 Å².